The van der Waals surface area contributed by atoms with Gasteiger partial charge in [0.2, 0.25) is 5.78 Å². The van der Waals surface area contributed by atoms with E-state index in [1.807, 2.05) is 52.9 Å². The molecule has 0 saturated carbocycles. The number of para-hydroxylation sites is 2. The molecule has 2 aromatic carbocycles. The molecular formula is C15H9ClN4. The van der Waals surface area contributed by atoms with Gasteiger partial charge in [0.1, 0.15) is 6.33 Å². The second-order valence-corrected chi connectivity index (χ2v) is 4.84. The lowest BCUT2D eigenvalue weighted by Crippen LogP contribution is -1.95. The molecule has 0 spiro atoms. The molecule has 4 rings (SSSR count). The summed E-state index contributed by atoms with van der Waals surface area (Å²) < 4.78 is 1.87. The van der Waals surface area contributed by atoms with E-state index in [2.05, 4.69) is 15.0 Å². The van der Waals surface area contributed by atoms with E-state index in [-0.39, 0.29) is 0 Å². The van der Waals surface area contributed by atoms with Crippen LogP contribution in [0.25, 0.3) is 28.2 Å². The van der Waals surface area contributed by atoms with Gasteiger partial charge in [-0.15, -0.1) is 0 Å². The minimum absolute atomic E-state index is 0.582. The molecule has 2 heterocycles. The lowest BCUT2D eigenvalue weighted by atomic mass is 10.2. The Labute approximate surface area is 119 Å². The van der Waals surface area contributed by atoms with E-state index in [0.717, 1.165) is 16.6 Å². The number of halogens is 1. The van der Waals surface area contributed by atoms with Crippen LogP contribution in [0, 0.1) is 0 Å². The molecule has 0 fully saturated rings. The number of aromatic nitrogens is 4. The molecule has 20 heavy (non-hydrogen) atoms. The average Bonchev–Trinajstić information content (AvgIpc) is 2.85. The quantitative estimate of drug-likeness (QED) is 0.535. The SMILES string of the molecule is Clc1ccccc1-c1ncn2c(n1)nc1ccccc12. The van der Waals surface area contributed by atoms with Crippen molar-refractivity contribution in [1.82, 2.24) is 19.4 Å². The summed E-state index contributed by atoms with van der Waals surface area (Å²) in [5, 5.41) is 0.632. The number of rotatable bonds is 1. The second kappa shape index (κ2) is 4.28. The lowest BCUT2D eigenvalue weighted by Gasteiger charge is -2.02. The summed E-state index contributed by atoms with van der Waals surface area (Å²) in [6, 6.07) is 15.4. The summed E-state index contributed by atoms with van der Waals surface area (Å²) in [4.78, 5) is 13.4. The number of hydrogen-bond donors (Lipinski definition) is 0. The van der Waals surface area contributed by atoms with E-state index in [1.54, 1.807) is 6.33 Å². The summed E-state index contributed by atoms with van der Waals surface area (Å²) in [6.45, 7) is 0. The van der Waals surface area contributed by atoms with Gasteiger partial charge in [-0.05, 0) is 24.3 Å². The number of fused-ring (bicyclic) bond motifs is 3. The number of hydrogen-bond acceptors (Lipinski definition) is 3. The first-order chi connectivity index (χ1) is 9.83. The summed E-state index contributed by atoms with van der Waals surface area (Å²) in [7, 11) is 0. The van der Waals surface area contributed by atoms with Crippen LogP contribution >= 0.6 is 11.6 Å². The van der Waals surface area contributed by atoms with Gasteiger partial charge in [-0.25, -0.2) is 9.97 Å². The zero-order valence-electron chi connectivity index (χ0n) is 10.4. The first-order valence-corrected chi connectivity index (χ1v) is 6.55. The van der Waals surface area contributed by atoms with Crippen molar-refractivity contribution in [3.8, 4) is 11.4 Å². The summed E-state index contributed by atoms with van der Waals surface area (Å²) in [6.07, 6.45) is 1.73. The van der Waals surface area contributed by atoms with Crippen LogP contribution in [-0.4, -0.2) is 19.4 Å². The van der Waals surface area contributed by atoms with Crippen LogP contribution < -0.4 is 0 Å². The van der Waals surface area contributed by atoms with Crippen molar-refractivity contribution in [2.75, 3.05) is 0 Å². The van der Waals surface area contributed by atoms with Crippen LogP contribution in [0.1, 0.15) is 0 Å². The molecular weight excluding hydrogens is 272 g/mol. The van der Waals surface area contributed by atoms with Gasteiger partial charge in [0, 0.05) is 5.56 Å². The zero-order valence-corrected chi connectivity index (χ0v) is 11.1. The summed E-state index contributed by atoms with van der Waals surface area (Å²) >= 11 is 6.18. The molecule has 0 aliphatic heterocycles. The predicted octanol–water partition coefficient (Wildman–Crippen LogP) is 3.60. The fourth-order valence-corrected chi connectivity index (χ4v) is 2.45. The zero-order chi connectivity index (χ0) is 13.5. The van der Waals surface area contributed by atoms with Crippen molar-refractivity contribution >= 4 is 28.4 Å². The lowest BCUT2D eigenvalue weighted by molar-refractivity contribution is 1.04. The molecule has 4 nitrogen and oxygen atoms in total. The Bertz CT molecular complexity index is 929. The maximum atomic E-state index is 6.18. The van der Waals surface area contributed by atoms with Gasteiger partial charge in [-0.2, -0.15) is 4.98 Å². The Balaban J connectivity index is 2.00. The van der Waals surface area contributed by atoms with E-state index < -0.39 is 0 Å². The Morgan fingerprint density at radius 1 is 0.900 bits per heavy atom. The van der Waals surface area contributed by atoms with Crippen molar-refractivity contribution in [1.29, 1.82) is 0 Å². The van der Waals surface area contributed by atoms with E-state index in [1.165, 1.54) is 0 Å². The van der Waals surface area contributed by atoms with Crippen molar-refractivity contribution in [3.05, 3.63) is 59.9 Å². The fourth-order valence-electron chi connectivity index (χ4n) is 2.23. The predicted molar refractivity (Wildman–Crippen MR) is 78.7 cm³/mol. The molecule has 0 amide bonds. The molecule has 0 atom stereocenters. The Kier molecular flexibility index (Phi) is 2.44. The first-order valence-electron chi connectivity index (χ1n) is 6.18. The maximum Gasteiger partial charge on any atom is 0.238 e. The topological polar surface area (TPSA) is 43.1 Å². The molecule has 0 saturated heterocycles. The normalized spacial score (nSPS) is 11.2. The van der Waals surface area contributed by atoms with Crippen LogP contribution in [-0.2, 0) is 0 Å². The van der Waals surface area contributed by atoms with Gasteiger partial charge >= 0.3 is 0 Å². The molecule has 0 aliphatic rings. The molecule has 0 unspecified atom stereocenters. The van der Waals surface area contributed by atoms with Crippen molar-refractivity contribution in [2.24, 2.45) is 0 Å². The van der Waals surface area contributed by atoms with E-state index in [0.29, 0.717) is 16.6 Å². The third-order valence-corrected chi connectivity index (χ3v) is 3.52. The molecule has 0 N–H and O–H groups in total. The van der Waals surface area contributed by atoms with Crippen LogP contribution in [0.15, 0.2) is 54.9 Å². The highest BCUT2D eigenvalue weighted by molar-refractivity contribution is 6.33. The van der Waals surface area contributed by atoms with Gasteiger partial charge in [-0.3, -0.25) is 4.40 Å². The van der Waals surface area contributed by atoms with Gasteiger partial charge < -0.3 is 0 Å². The van der Waals surface area contributed by atoms with Crippen LogP contribution in [0.2, 0.25) is 5.02 Å². The third kappa shape index (κ3) is 1.66. The monoisotopic (exact) mass is 280 g/mol. The van der Waals surface area contributed by atoms with Gasteiger partial charge in [-0.1, -0.05) is 35.9 Å². The third-order valence-electron chi connectivity index (χ3n) is 3.19. The van der Waals surface area contributed by atoms with Gasteiger partial charge in [0.25, 0.3) is 0 Å². The highest BCUT2D eigenvalue weighted by Crippen LogP contribution is 2.25. The van der Waals surface area contributed by atoms with E-state index >= 15 is 0 Å². The fraction of sp³-hybridized carbons (Fsp3) is 0. The van der Waals surface area contributed by atoms with Crippen LogP contribution in [0.3, 0.4) is 0 Å². The molecule has 0 bridgehead atoms. The summed E-state index contributed by atoms with van der Waals surface area (Å²) in [5.74, 6) is 1.20. The molecule has 0 radical (unpaired) electrons. The maximum absolute atomic E-state index is 6.18. The van der Waals surface area contributed by atoms with Crippen LogP contribution in [0.4, 0.5) is 0 Å². The second-order valence-electron chi connectivity index (χ2n) is 4.43. The molecule has 2 aromatic heterocycles. The van der Waals surface area contributed by atoms with Crippen molar-refractivity contribution < 1.29 is 0 Å². The highest BCUT2D eigenvalue weighted by Gasteiger charge is 2.09. The summed E-state index contributed by atoms with van der Waals surface area (Å²) in [5.41, 5.74) is 2.70. The van der Waals surface area contributed by atoms with Crippen molar-refractivity contribution in [3.63, 3.8) is 0 Å². The van der Waals surface area contributed by atoms with Crippen molar-refractivity contribution in [2.45, 2.75) is 0 Å². The highest BCUT2D eigenvalue weighted by atomic mass is 35.5. The standard InChI is InChI=1S/C15H9ClN4/c16-11-6-2-1-5-10(11)14-17-9-20-13-8-4-3-7-12(13)18-15(20)19-14/h1-9H. The Morgan fingerprint density at radius 2 is 1.70 bits per heavy atom. The minimum Gasteiger partial charge on any atom is -0.267 e. The number of imidazole rings is 1. The average molecular weight is 281 g/mol. The first kappa shape index (κ1) is 11.4. The van der Waals surface area contributed by atoms with Crippen LogP contribution in [0.5, 0.6) is 0 Å². The molecule has 4 aromatic rings. The number of benzene rings is 2. The number of nitrogens with zero attached hydrogens (tertiary/aromatic N) is 4. The minimum atomic E-state index is 0.582. The Morgan fingerprint density at radius 3 is 2.60 bits per heavy atom. The van der Waals surface area contributed by atoms with Gasteiger partial charge in [0.15, 0.2) is 5.82 Å². The Hall–Kier alpha value is -2.46. The van der Waals surface area contributed by atoms with E-state index in [9.17, 15) is 0 Å². The molecule has 5 heteroatoms. The van der Waals surface area contributed by atoms with E-state index in [4.69, 9.17) is 11.6 Å². The smallest absolute Gasteiger partial charge is 0.238 e. The molecule has 96 valence electrons. The van der Waals surface area contributed by atoms with Gasteiger partial charge in [0.05, 0.1) is 16.1 Å². The molecule has 0 aliphatic carbocycles. The largest absolute Gasteiger partial charge is 0.267 e.